The van der Waals surface area contributed by atoms with Gasteiger partial charge in [0, 0.05) is 12.8 Å². The van der Waals surface area contributed by atoms with Crippen LogP contribution in [0.2, 0.25) is 0 Å². The van der Waals surface area contributed by atoms with E-state index >= 15 is 0 Å². The van der Waals surface area contributed by atoms with Gasteiger partial charge in [-0.05, 0) is 109 Å². The summed E-state index contributed by atoms with van der Waals surface area (Å²) in [5, 5.41) is 9.79. The van der Waals surface area contributed by atoms with E-state index in [1.165, 1.54) is 263 Å². The number of nitrogens with zero attached hydrogens (tertiary/aromatic N) is 1. The van der Waals surface area contributed by atoms with Gasteiger partial charge < -0.3 is 28.5 Å². The van der Waals surface area contributed by atoms with Crippen molar-refractivity contribution in [2.45, 2.75) is 411 Å². The lowest BCUT2D eigenvalue weighted by Crippen LogP contribution is -2.40. The molecule has 0 bridgehead atoms. The summed E-state index contributed by atoms with van der Waals surface area (Å²) in [5.41, 5.74) is 0. The predicted molar refractivity (Wildman–Crippen MR) is 447 cm³/mol. The molecule has 0 heterocycles. The molecule has 2 unspecified atom stereocenters. The Bertz CT molecular complexity index is 2120. The number of aliphatic carboxylic acids is 1. The van der Waals surface area contributed by atoms with Crippen molar-refractivity contribution in [2.75, 3.05) is 47.5 Å². The SMILES string of the molecule is CC/C=C\C/C=C\C/C=C\C/C=C\C/C=C\C/C=C\C/C=C\C/C=C\C/C=C\CCCCCCCCCCCC(=O)OC(COC(=O)CCCCCCCCCCCCCCCCCCCCCCCCCCCCCCC/C=C\CCCCCCCCCC)COC(OCC[N+](C)(C)C)C(=O)O. The van der Waals surface area contributed by atoms with Crippen LogP contribution in [0.15, 0.2) is 122 Å². The first-order chi connectivity index (χ1) is 50.6. The van der Waals surface area contributed by atoms with Gasteiger partial charge in [0.05, 0.1) is 34.4 Å². The smallest absolute Gasteiger partial charge is 0.361 e. The van der Waals surface area contributed by atoms with Crippen LogP contribution in [0.1, 0.15) is 399 Å². The van der Waals surface area contributed by atoms with Crippen molar-refractivity contribution in [3.63, 3.8) is 0 Å². The molecule has 0 rings (SSSR count). The van der Waals surface area contributed by atoms with Gasteiger partial charge in [-0.2, -0.15) is 0 Å². The minimum absolute atomic E-state index is 0.183. The van der Waals surface area contributed by atoms with Crippen molar-refractivity contribution in [1.82, 2.24) is 0 Å². The van der Waals surface area contributed by atoms with Gasteiger partial charge in [0.2, 0.25) is 0 Å². The van der Waals surface area contributed by atoms with E-state index in [0.29, 0.717) is 23.9 Å². The van der Waals surface area contributed by atoms with E-state index < -0.39 is 24.3 Å². The Morgan fingerprint density at radius 2 is 0.553 bits per heavy atom. The fraction of sp³-hybridized carbons (Fsp3) is 0.755. The van der Waals surface area contributed by atoms with Crippen LogP contribution >= 0.6 is 0 Å². The normalized spacial score (nSPS) is 13.2. The summed E-state index contributed by atoms with van der Waals surface area (Å²) in [6.45, 7) is 4.80. The first kappa shape index (κ1) is 98.7. The molecule has 0 amide bonds. The number of esters is 2. The van der Waals surface area contributed by atoms with Crippen molar-refractivity contribution in [1.29, 1.82) is 0 Å². The highest BCUT2D eigenvalue weighted by molar-refractivity contribution is 5.71. The van der Waals surface area contributed by atoms with Crippen LogP contribution in [0, 0.1) is 0 Å². The maximum absolute atomic E-state index is 13.0. The molecule has 0 fully saturated rings. The van der Waals surface area contributed by atoms with E-state index in [2.05, 4.69) is 135 Å². The number of carboxylic acids is 1. The molecule has 0 saturated carbocycles. The van der Waals surface area contributed by atoms with Gasteiger partial charge in [-0.1, -0.05) is 399 Å². The number of likely N-dealkylation sites (N-methyl/N-ethyl adjacent to an activating group) is 1. The maximum atomic E-state index is 13.0. The van der Waals surface area contributed by atoms with Gasteiger partial charge in [0.1, 0.15) is 13.2 Å². The predicted octanol–water partition coefficient (Wildman–Crippen LogP) is 28.6. The van der Waals surface area contributed by atoms with Gasteiger partial charge in [-0.15, -0.1) is 0 Å². The molecule has 9 heteroatoms. The number of allylic oxidation sites excluding steroid dienone is 20. The van der Waals surface area contributed by atoms with Crippen LogP contribution in [0.5, 0.6) is 0 Å². The number of carboxylic acid groups (broad SMARTS) is 1. The van der Waals surface area contributed by atoms with Crippen LogP contribution < -0.4 is 0 Å². The third-order valence-corrected chi connectivity index (χ3v) is 19.2. The van der Waals surface area contributed by atoms with E-state index in [-0.39, 0.29) is 32.2 Å². The lowest BCUT2D eigenvalue weighted by atomic mass is 10.0. The van der Waals surface area contributed by atoms with Gasteiger partial charge in [-0.25, -0.2) is 4.79 Å². The number of quaternary nitrogens is 1. The Morgan fingerprint density at radius 1 is 0.301 bits per heavy atom. The Kier molecular flexibility index (Phi) is 79.8. The summed E-state index contributed by atoms with van der Waals surface area (Å²) in [4.78, 5) is 37.8. The van der Waals surface area contributed by atoms with Gasteiger partial charge in [0.25, 0.3) is 6.29 Å². The second kappa shape index (κ2) is 83.3. The molecule has 594 valence electrons. The second-order valence-corrected chi connectivity index (χ2v) is 30.5. The molecule has 0 spiro atoms. The van der Waals surface area contributed by atoms with Gasteiger partial charge >= 0.3 is 17.9 Å². The quantitative estimate of drug-likeness (QED) is 0.0211. The van der Waals surface area contributed by atoms with E-state index in [9.17, 15) is 19.5 Å². The minimum Gasteiger partial charge on any atom is -0.477 e. The second-order valence-electron chi connectivity index (χ2n) is 30.5. The van der Waals surface area contributed by atoms with E-state index in [1.54, 1.807) is 0 Å². The lowest BCUT2D eigenvalue weighted by molar-refractivity contribution is -0.870. The molecular formula is C94H166NO8+. The lowest BCUT2D eigenvalue weighted by Gasteiger charge is -2.25. The summed E-state index contributed by atoms with van der Waals surface area (Å²) in [6.07, 6.45) is 117. The van der Waals surface area contributed by atoms with Crippen molar-refractivity contribution < 1.29 is 42.9 Å². The molecule has 0 aromatic rings. The number of unbranched alkanes of at least 4 members (excludes halogenated alkanes) is 46. The highest BCUT2D eigenvalue weighted by Crippen LogP contribution is 2.20. The molecule has 2 atom stereocenters. The number of hydrogen-bond donors (Lipinski definition) is 1. The van der Waals surface area contributed by atoms with Crippen LogP contribution in [0.3, 0.4) is 0 Å². The molecular weight excluding hydrogens is 1270 g/mol. The Hall–Kier alpha value is -4.31. The molecule has 0 aromatic heterocycles. The van der Waals surface area contributed by atoms with Crippen LogP contribution in [0.4, 0.5) is 0 Å². The van der Waals surface area contributed by atoms with Gasteiger partial charge in [-0.3, -0.25) is 9.59 Å². The molecule has 0 aromatic carbocycles. The highest BCUT2D eigenvalue weighted by Gasteiger charge is 2.25. The molecule has 0 radical (unpaired) electrons. The first-order valence-corrected chi connectivity index (χ1v) is 43.7. The Labute approximate surface area is 637 Å². The number of carbonyl (C=O) groups is 3. The fourth-order valence-electron chi connectivity index (χ4n) is 12.6. The number of hydrogen-bond acceptors (Lipinski definition) is 7. The summed E-state index contributed by atoms with van der Waals surface area (Å²) in [6, 6.07) is 0. The summed E-state index contributed by atoms with van der Waals surface area (Å²) in [5.74, 6) is -2.00. The van der Waals surface area contributed by atoms with Crippen LogP contribution in [0.25, 0.3) is 0 Å². The van der Waals surface area contributed by atoms with Crippen LogP contribution in [-0.2, 0) is 33.3 Å². The average Bonchev–Trinajstić information content (AvgIpc) is 1.16. The Morgan fingerprint density at radius 3 is 0.835 bits per heavy atom. The number of ether oxygens (including phenoxy) is 4. The third kappa shape index (κ3) is 84.8. The zero-order chi connectivity index (χ0) is 74.6. The third-order valence-electron chi connectivity index (χ3n) is 19.2. The van der Waals surface area contributed by atoms with Crippen molar-refractivity contribution in [3.05, 3.63) is 122 Å². The topological polar surface area (TPSA) is 108 Å². The van der Waals surface area contributed by atoms with Crippen molar-refractivity contribution in [3.8, 4) is 0 Å². The minimum atomic E-state index is -1.52. The molecule has 1 N–H and O–H groups in total. The molecule has 9 nitrogen and oxygen atoms in total. The zero-order valence-corrected chi connectivity index (χ0v) is 68.2. The average molecular weight is 1440 g/mol. The largest absolute Gasteiger partial charge is 0.477 e. The fourth-order valence-corrected chi connectivity index (χ4v) is 12.6. The van der Waals surface area contributed by atoms with Crippen molar-refractivity contribution >= 4 is 17.9 Å². The van der Waals surface area contributed by atoms with Crippen molar-refractivity contribution in [2.24, 2.45) is 0 Å². The molecule has 0 aliphatic heterocycles. The van der Waals surface area contributed by atoms with E-state index in [1.807, 2.05) is 21.1 Å². The molecule has 103 heavy (non-hydrogen) atoms. The first-order valence-electron chi connectivity index (χ1n) is 43.7. The summed E-state index contributed by atoms with van der Waals surface area (Å²) >= 11 is 0. The molecule has 0 aliphatic rings. The van der Waals surface area contributed by atoms with Gasteiger partial charge in [0.15, 0.2) is 6.10 Å². The highest BCUT2D eigenvalue weighted by atomic mass is 16.7. The van der Waals surface area contributed by atoms with E-state index in [4.69, 9.17) is 18.9 Å². The monoisotopic (exact) mass is 1440 g/mol. The molecule has 0 aliphatic carbocycles. The van der Waals surface area contributed by atoms with E-state index in [0.717, 1.165) is 103 Å². The van der Waals surface area contributed by atoms with Crippen LogP contribution in [-0.4, -0.2) is 87.4 Å². The number of carbonyl (C=O) groups excluding carboxylic acids is 2. The maximum Gasteiger partial charge on any atom is 0.361 e. The Balaban J connectivity index is 3.99. The molecule has 0 saturated heterocycles. The number of rotatable bonds is 81. The standard InChI is InChI=1S/C94H165NO8/c1-6-8-10-12-14-16-18-20-22-24-26-28-30-32-34-36-38-40-42-44-45-46-47-49-50-52-54-56-58-60-62-64-66-68-70-72-74-76-78-80-82-84-91(96)101-88-90(89-102-94(93(98)99)100-87-86-95(3,4)5)103-92(97)85-83-81-79-77-75-73-71-69-67-65-63-61-59-57-55-53-51-48-43-41-39-37-35-33-31-29-27-25-23-21-19-17-15-13-11-9-7-2/h9,11,15,17,21,23-24,26-27,29,33,35,39,41,48,51,55,57,61,63,90,94H,6-8,10,12-14,16,18-20,22,25,28,30-32,34,36-38,40,42-47,49-50,52-54,56,58-60,62,64-89H2,1-5H3/p+1/b11-9-,17-15-,23-21-,26-24-,29-27-,35-33-,41-39-,51-48-,57-55-,63-61-. The zero-order valence-electron chi connectivity index (χ0n) is 68.2. The summed E-state index contributed by atoms with van der Waals surface area (Å²) < 4.78 is 23.1. The summed E-state index contributed by atoms with van der Waals surface area (Å²) in [7, 11) is 5.99.